The first-order chi connectivity index (χ1) is 9.10. The largest absolute Gasteiger partial charge is 0.340 e. The van der Waals surface area contributed by atoms with Crippen LogP contribution in [-0.2, 0) is 0 Å². The highest BCUT2D eigenvalue weighted by atomic mass is 79.9. The quantitative estimate of drug-likeness (QED) is 0.769. The van der Waals surface area contributed by atoms with E-state index in [0.29, 0.717) is 16.0 Å². The summed E-state index contributed by atoms with van der Waals surface area (Å²) < 4.78 is 0.778. The molecule has 0 amide bonds. The molecule has 0 saturated heterocycles. The number of halogens is 3. The van der Waals surface area contributed by atoms with Crippen LogP contribution in [0, 0.1) is 0 Å². The van der Waals surface area contributed by atoms with Gasteiger partial charge in [0, 0.05) is 27.7 Å². The zero-order valence-corrected chi connectivity index (χ0v) is 12.9. The molecule has 1 heterocycles. The van der Waals surface area contributed by atoms with Gasteiger partial charge in [-0.05, 0) is 47.0 Å². The molecule has 98 valence electrons. The van der Waals surface area contributed by atoms with Gasteiger partial charge in [0.2, 0.25) is 0 Å². The highest BCUT2D eigenvalue weighted by Crippen LogP contribution is 2.39. The van der Waals surface area contributed by atoms with Crippen LogP contribution in [0.4, 0.5) is 11.5 Å². The molecule has 0 radical (unpaired) electrons. The van der Waals surface area contributed by atoms with E-state index in [1.54, 1.807) is 18.2 Å². The Morgan fingerprint density at radius 1 is 1.05 bits per heavy atom. The Morgan fingerprint density at radius 3 is 2.37 bits per heavy atom. The second-order valence-corrected chi connectivity index (χ2v) is 6.18. The summed E-state index contributed by atoms with van der Waals surface area (Å²) in [5.74, 6) is 2.12. The molecule has 0 bridgehead atoms. The average Bonchev–Trinajstić information content (AvgIpc) is 3.09. The number of aromatic nitrogens is 2. The van der Waals surface area contributed by atoms with E-state index < -0.39 is 0 Å². The first kappa shape index (κ1) is 13.2. The lowest BCUT2D eigenvalue weighted by Crippen LogP contribution is -1.99. The summed E-state index contributed by atoms with van der Waals surface area (Å²) >= 11 is 15.4. The van der Waals surface area contributed by atoms with E-state index in [0.717, 1.165) is 21.9 Å². The molecule has 3 nitrogen and oxygen atoms in total. The Kier molecular flexibility index (Phi) is 3.65. The van der Waals surface area contributed by atoms with Crippen molar-refractivity contribution in [2.24, 2.45) is 0 Å². The Morgan fingerprint density at radius 2 is 1.74 bits per heavy atom. The van der Waals surface area contributed by atoms with Crippen molar-refractivity contribution in [1.82, 2.24) is 9.97 Å². The lowest BCUT2D eigenvalue weighted by Gasteiger charge is -2.08. The summed E-state index contributed by atoms with van der Waals surface area (Å²) in [7, 11) is 0. The van der Waals surface area contributed by atoms with Crippen LogP contribution in [0.3, 0.4) is 0 Å². The van der Waals surface area contributed by atoms with Crippen LogP contribution in [0.25, 0.3) is 0 Å². The third-order valence-corrected chi connectivity index (χ3v) is 3.63. The Hall–Kier alpha value is -0.840. The Bertz CT molecular complexity index is 609. The van der Waals surface area contributed by atoms with Gasteiger partial charge in [0.05, 0.1) is 0 Å². The number of nitrogens with zero attached hydrogens (tertiary/aromatic N) is 2. The first-order valence-electron chi connectivity index (χ1n) is 5.88. The molecule has 2 aromatic rings. The summed E-state index contributed by atoms with van der Waals surface area (Å²) in [6.45, 7) is 0. The van der Waals surface area contributed by atoms with Gasteiger partial charge in [0.25, 0.3) is 0 Å². The highest BCUT2D eigenvalue weighted by molar-refractivity contribution is 9.10. The van der Waals surface area contributed by atoms with E-state index >= 15 is 0 Å². The number of benzene rings is 1. The van der Waals surface area contributed by atoms with Crippen LogP contribution in [0.2, 0.25) is 10.0 Å². The van der Waals surface area contributed by atoms with Crippen LogP contribution < -0.4 is 5.32 Å². The van der Waals surface area contributed by atoms with Crippen molar-refractivity contribution in [2.75, 3.05) is 5.32 Å². The molecular formula is C13H10BrCl2N3. The molecule has 1 fully saturated rings. The first-order valence-corrected chi connectivity index (χ1v) is 7.42. The van der Waals surface area contributed by atoms with Gasteiger partial charge in [-0.25, -0.2) is 9.97 Å². The summed E-state index contributed by atoms with van der Waals surface area (Å²) in [5, 5.41) is 4.38. The molecule has 0 spiro atoms. The Labute approximate surface area is 129 Å². The number of rotatable bonds is 3. The van der Waals surface area contributed by atoms with Gasteiger partial charge >= 0.3 is 0 Å². The molecule has 1 aliphatic rings. The molecule has 0 aliphatic heterocycles. The van der Waals surface area contributed by atoms with Crippen LogP contribution in [-0.4, -0.2) is 9.97 Å². The second kappa shape index (κ2) is 5.27. The maximum absolute atomic E-state index is 5.97. The molecule has 1 N–H and O–H groups in total. The van der Waals surface area contributed by atoms with Crippen molar-refractivity contribution in [2.45, 2.75) is 18.8 Å². The summed E-state index contributed by atoms with van der Waals surface area (Å²) in [6.07, 6.45) is 2.33. The van der Waals surface area contributed by atoms with E-state index in [4.69, 9.17) is 23.2 Å². The third-order valence-electron chi connectivity index (χ3n) is 2.79. The zero-order valence-electron chi connectivity index (χ0n) is 9.83. The minimum absolute atomic E-state index is 0.501. The molecule has 6 heteroatoms. The fourth-order valence-electron chi connectivity index (χ4n) is 1.80. The lowest BCUT2D eigenvalue weighted by atomic mass is 10.3. The van der Waals surface area contributed by atoms with E-state index in [2.05, 4.69) is 31.2 Å². The van der Waals surface area contributed by atoms with Gasteiger partial charge in [-0.1, -0.05) is 23.2 Å². The zero-order chi connectivity index (χ0) is 13.4. The van der Waals surface area contributed by atoms with Crippen LogP contribution in [0.5, 0.6) is 0 Å². The molecule has 0 unspecified atom stereocenters. The van der Waals surface area contributed by atoms with E-state index in [9.17, 15) is 0 Å². The molecule has 1 saturated carbocycles. The molecule has 1 aliphatic carbocycles. The fraction of sp³-hybridized carbons (Fsp3) is 0.231. The lowest BCUT2D eigenvalue weighted by molar-refractivity contribution is 0.919. The average molecular weight is 359 g/mol. The SMILES string of the molecule is Clc1cc(Cl)cc(Nc2cc(Br)nc(C3CC3)n2)c1. The maximum Gasteiger partial charge on any atom is 0.135 e. The molecule has 19 heavy (non-hydrogen) atoms. The molecule has 1 aromatic carbocycles. The van der Waals surface area contributed by atoms with Crippen LogP contribution >= 0.6 is 39.1 Å². The van der Waals surface area contributed by atoms with Gasteiger partial charge in [-0.15, -0.1) is 0 Å². The van der Waals surface area contributed by atoms with E-state index in [1.165, 1.54) is 12.8 Å². The standard InChI is InChI=1S/C13H10BrCl2N3/c14-11-6-12(19-13(18-11)7-1-2-7)17-10-4-8(15)3-9(16)5-10/h3-7H,1-2H2,(H,17,18,19). The van der Waals surface area contributed by atoms with Crippen LogP contribution in [0.1, 0.15) is 24.6 Å². The van der Waals surface area contributed by atoms with Gasteiger partial charge in [-0.2, -0.15) is 0 Å². The monoisotopic (exact) mass is 357 g/mol. The van der Waals surface area contributed by atoms with Crippen molar-refractivity contribution in [3.8, 4) is 0 Å². The topological polar surface area (TPSA) is 37.8 Å². The van der Waals surface area contributed by atoms with Gasteiger partial charge in [0.1, 0.15) is 16.2 Å². The van der Waals surface area contributed by atoms with E-state index in [-0.39, 0.29) is 0 Å². The van der Waals surface area contributed by atoms with Crippen molar-refractivity contribution in [3.05, 3.63) is 44.7 Å². The maximum atomic E-state index is 5.97. The smallest absolute Gasteiger partial charge is 0.135 e. The summed E-state index contributed by atoms with van der Waals surface area (Å²) in [6, 6.07) is 7.14. The van der Waals surface area contributed by atoms with E-state index in [1.807, 2.05) is 6.07 Å². The molecule has 0 atom stereocenters. The summed E-state index contributed by atoms with van der Waals surface area (Å²) in [4.78, 5) is 8.90. The van der Waals surface area contributed by atoms with Crippen molar-refractivity contribution in [3.63, 3.8) is 0 Å². The number of hydrogen-bond acceptors (Lipinski definition) is 3. The number of hydrogen-bond donors (Lipinski definition) is 1. The minimum atomic E-state index is 0.501. The van der Waals surface area contributed by atoms with Crippen molar-refractivity contribution < 1.29 is 0 Å². The number of nitrogens with one attached hydrogen (secondary N) is 1. The second-order valence-electron chi connectivity index (χ2n) is 4.49. The minimum Gasteiger partial charge on any atom is -0.340 e. The Balaban J connectivity index is 1.89. The molecular weight excluding hydrogens is 349 g/mol. The van der Waals surface area contributed by atoms with Gasteiger partial charge < -0.3 is 5.32 Å². The molecule has 3 rings (SSSR count). The summed E-state index contributed by atoms with van der Waals surface area (Å²) in [5.41, 5.74) is 0.810. The number of anilines is 2. The predicted octanol–water partition coefficient (Wildman–Crippen LogP) is 5.17. The fourth-order valence-corrected chi connectivity index (χ4v) is 2.72. The van der Waals surface area contributed by atoms with Gasteiger partial charge in [-0.3, -0.25) is 0 Å². The highest BCUT2D eigenvalue weighted by Gasteiger charge is 2.27. The predicted molar refractivity (Wildman–Crippen MR) is 81.5 cm³/mol. The van der Waals surface area contributed by atoms with Gasteiger partial charge in [0.15, 0.2) is 0 Å². The normalized spacial score (nSPS) is 14.5. The van der Waals surface area contributed by atoms with Crippen LogP contribution in [0.15, 0.2) is 28.9 Å². The van der Waals surface area contributed by atoms with Crippen molar-refractivity contribution in [1.29, 1.82) is 0 Å². The molecule has 1 aromatic heterocycles. The van der Waals surface area contributed by atoms with Crippen molar-refractivity contribution >= 4 is 50.6 Å². The third kappa shape index (κ3) is 3.38.